The van der Waals surface area contributed by atoms with Gasteiger partial charge in [-0.05, 0) is 31.2 Å². The van der Waals surface area contributed by atoms with Gasteiger partial charge in [0.25, 0.3) is 0 Å². The Hall–Kier alpha value is -1.28. The average Bonchev–Trinajstić information content (AvgIpc) is 3.02. The van der Waals surface area contributed by atoms with Gasteiger partial charge in [-0.2, -0.15) is 0 Å². The second kappa shape index (κ2) is 9.27. The Morgan fingerprint density at radius 1 is 1.08 bits per heavy atom. The Balaban J connectivity index is 0.00000208. The molecule has 1 aromatic carbocycles. The van der Waals surface area contributed by atoms with Crippen LogP contribution in [-0.4, -0.2) is 44.1 Å². The van der Waals surface area contributed by atoms with Crippen molar-refractivity contribution in [2.24, 2.45) is 4.99 Å². The summed E-state index contributed by atoms with van der Waals surface area (Å²) in [6.45, 7) is 7.05. The number of hydrogen-bond acceptors (Lipinski definition) is 3. The first-order chi connectivity index (χ1) is 11.3. The molecule has 130 valence electrons. The van der Waals surface area contributed by atoms with Crippen molar-refractivity contribution in [3.05, 3.63) is 52.2 Å². The molecule has 0 bridgehead atoms. The smallest absolute Gasteiger partial charge is 0.194 e. The van der Waals surface area contributed by atoms with E-state index in [1.807, 2.05) is 18.4 Å². The Morgan fingerprint density at radius 2 is 1.79 bits per heavy atom. The molecule has 0 radical (unpaired) electrons. The van der Waals surface area contributed by atoms with Crippen molar-refractivity contribution in [3.63, 3.8) is 0 Å². The third kappa shape index (κ3) is 4.86. The van der Waals surface area contributed by atoms with Gasteiger partial charge in [-0.15, -0.1) is 35.3 Å². The zero-order chi connectivity index (χ0) is 16.1. The van der Waals surface area contributed by atoms with Crippen molar-refractivity contribution in [1.82, 2.24) is 10.2 Å². The van der Waals surface area contributed by atoms with Crippen molar-refractivity contribution in [3.8, 4) is 0 Å². The predicted octanol–water partition coefficient (Wildman–Crippen LogP) is 3.57. The summed E-state index contributed by atoms with van der Waals surface area (Å²) in [4.78, 5) is 11.9. The van der Waals surface area contributed by atoms with E-state index in [-0.39, 0.29) is 24.0 Å². The lowest BCUT2D eigenvalue weighted by atomic mass is 10.2. The summed E-state index contributed by atoms with van der Waals surface area (Å²) in [5, 5.41) is 3.49. The normalized spacial score (nSPS) is 15.2. The highest BCUT2D eigenvalue weighted by molar-refractivity contribution is 14.0. The van der Waals surface area contributed by atoms with Crippen molar-refractivity contribution < 1.29 is 0 Å². The topological polar surface area (TPSA) is 30.9 Å². The molecule has 0 aliphatic carbocycles. The van der Waals surface area contributed by atoms with Crippen LogP contribution >= 0.6 is 35.3 Å². The molecule has 2 heterocycles. The minimum atomic E-state index is 0. The SMILES string of the molecule is CN=C(NCc1ccc(C)s1)N1CCN(c2ccccc2)CC1.I. The number of rotatable bonds is 3. The van der Waals surface area contributed by atoms with Crippen molar-refractivity contribution in [2.75, 3.05) is 38.1 Å². The van der Waals surface area contributed by atoms with Gasteiger partial charge in [0.2, 0.25) is 0 Å². The van der Waals surface area contributed by atoms with Crippen LogP contribution in [0.2, 0.25) is 0 Å². The van der Waals surface area contributed by atoms with Crippen LogP contribution in [0.15, 0.2) is 47.5 Å². The molecule has 3 rings (SSSR count). The number of para-hydroxylation sites is 1. The highest BCUT2D eigenvalue weighted by Gasteiger charge is 2.19. The monoisotopic (exact) mass is 456 g/mol. The fraction of sp³-hybridized carbons (Fsp3) is 0.389. The zero-order valence-electron chi connectivity index (χ0n) is 14.2. The van der Waals surface area contributed by atoms with E-state index in [2.05, 4.69) is 69.5 Å². The maximum absolute atomic E-state index is 4.45. The van der Waals surface area contributed by atoms with E-state index in [1.54, 1.807) is 0 Å². The molecular formula is C18H25IN4S. The van der Waals surface area contributed by atoms with Crippen LogP contribution in [0, 0.1) is 6.92 Å². The lowest BCUT2D eigenvalue weighted by molar-refractivity contribution is 0.372. The average molecular weight is 456 g/mol. The first-order valence-corrected chi connectivity index (χ1v) is 8.89. The maximum Gasteiger partial charge on any atom is 0.194 e. The Bertz CT molecular complexity index is 648. The lowest BCUT2D eigenvalue weighted by Crippen LogP contribution is -2.52. The summed E-state index contributed by atoms with van der Waals surface area (Å²) in [5.41, 5.74) is 1.31. The molecular weight excluding hydrogens is 431 g/mol. The van der Waals surface area contributed by atoms with Gasteiger partial charge in [0, 0.05) is 48.7 Å². The van der Waals surface area contributed by atoms with Gasteiger partial charge in [0.15, 0.2) is 5.96 Å². The molecule has 4 nitrogen and oxygen atoms in total. The molecule has 24 heavy (non-hydrogen) atoms. The summed E-state index contributed by atoms with van der Waals surface area (Å²) in [7, 11) is 1.87. The lowest BCUT2D eigenvalue weighted by Gasteiger charge is -2.37. The third-order valence-electron chi connectivity index (χ3n) is 4.13. The number of aliphatic imine (C=N–C) groups is 1. The van der Waals surface area contributed by atoms with Crippen molar-refractivity contribution in [2.45, 2.75) is 13.5 Å². The van der Waals surface area contributed by atoms with E-state index in [0.29, 0.717) is 0 Å². The molecule has 1 saturated heterocycles. The molecule has 0 spiro atoms. The van der Waals surface area contributed by atoms with Crippen LogP contribution in [0.25, 0.3) is 0 Å². The molecule has 0 amide bonds. The summed E-state index contributed by atoms with van der Waals surface area (Å²) in [6, 6.07) is 15.0. The quantitative estimate of drug-likeness (QED) is 0.435. The molecule has 1 aliphatic rings. The highest BCUT2D eigenvalue weighted by atomic mass is 127. The summed E-state index contributed by atoms with van der Waals surface area (Å²) < 4.78 is 0. The van der Waals surface area contributed by atoms with E-state index in [4.69, 9.17) is 0 Å². The predicted molar refractivity (Wildman–Crippen MR) is 115 cm³/mol. The van der Waals surface area contributed by atoms with Crippen LogP contribution in [0.3, 0.4) is 0 Å². The number of nitrogens with one attached hydrogen (secondary N) is 1. The van der Waals surface area contributed by atoms with Crippen molar-refractivity contribution in [1.29, 1.82) is 0 Å². The molecule has 0 atom stereocenters. The molecule has 1 aliphatic heterocycles. The van der Waals surface area contributed by atoms with Crippen LogP contribution in [-0.2, 0) is 6.54 Å². The number of halogens is 1. The minimum absolute atomic E-state index is 0. The number of anilines is 1. The highest BCUT2D eigenvalue weighted by Crippen LogP contribution is 2.16. The summed E-state index contributed by atoms with van der Waals surface area (Å²) >= 11 is 1.84. The van der Waals surface area contributed by atoms with Crippen LogP contribution < -0.4 is 10.2 Å². The van der Waals surface area contributed by atoms with Gasteiger partial charge >= 0.3 is 0 Å². The van der Waals surface area contributed by atoms with Gasteiger partial charge in [-0.3, -0.25) is 4.99 Å². The Labute approximate surface area is 165 Å². The van der Waals surface area contributed by atoms with Crippen LogP contribution in [0.4, 0.5) is 5.69 Å². The summed E-state index contributed by atoms with van der Waals surface area (Å²) in [5.74, 6) is 1.00. The minimum Gasteiger partial charge on any atom is -0.368 e. The second-order valence-electron chi connectivity index (χ2n) is 5.72. The molecule has 2 aromatic rings. The number of benzene rings is 1. The van der Waals surface area contributed by atoms with Crippen LogP contribution in [0.1, 0.15) is 9.75 Å². The zero-order valence-corrected chi connectivity index (χ0v) is 17.4. The van der Waals surface area contributed by atoms with Gasteiger partial charge in [-0.25, -0.2) is 0 Å². The van der Waals surface area contributed by atoms with Gasteiger partial charge in [-0.1, -0.05) is 18.2 Å². The number of piperazine rings is 1. The first kappa shape index (κ1) is 19.1. The number of thiophene rings is 1. The Morgan fingerprint density at radius 3 is 2.38 bits per heavy atom. The number of nitrogens with zero attached hydrogens (tertiary/aromatic N) is 3. The van der Waals surface area contributed by atoms with E-state index < -0.39 is 0 Å². The van der Waals surface area contributed by atoms with Gasteiger partial charge < -0.3 is 15.1 Å². The maximum atomic E-state index is 4.45. The van der Waals surface area contributed by atoms with E-state index in [9.17, 15) is 0 Å². The third-order valence-corrected chi connectivity index (χ3v) is 5.13. The number of aryl methyl sites for hydroxylation is 1. The van der Waals surface area contributed by atoms with Gasteiger partial charge in [0.05, 0.1) is 6.54 Å². The molecule has 1 aromatic heterocycles. The van der Waals surface area contributed by atoms with E-state index in [0.717, 1.165) is 38.7 Å². The molecule has 0 saturated carbocycles. The van der Waals surface area contributed by atoms with Crippen molar-refractivity contribution >= 4 is 47.0 Å². The first-order valence-electron chi connectivity index (χ1n) is 8.07. The molecule has 1 fully saturated rings. The van der Waals surface area contributed by atoms with E-state index in [1.165, 1.54) is 15.4 Å². The van der Waals surface area contributed by atoms with Crippen LogP contribution in [0.5, 0.6) is 0 Å². The second-order valence-corrected chi connectivity index (χ2v) is 7.10. The Kier molecular flexibility index (Phi) is 7.36. The fourth-order valence-electron chi connectivity index (χ4n) is 2.89. The summed E-state index contributed by atoms with van der Waals surface area (Å²) in [6.07, 6.45) is 0. The van der Waals surface area contributed by atoms with E-state index >= 15 is 0 Å². The van der Waals surface area contributed by atoms with Gasteiger partial charge in [0.1, 0.15) is 0 Å². The fourth-order valence-corrected chi connectivity index (χ4v) is 3.72. The molecule has 6 heteroatoms. The standard InChI is InChI=1S/C18H24N4S.HI/c1-15-8-9-17(23-15)14-20-18(19-2)22-12-10-21(11-13-22)16-6-4-3-5-7-16;/h3-9H,10-14H2,1-2H3,(H,19,20);1H. The molecule has 1 N–H and O–H groups in total. The number of hydrogen-bond donors (Lipinski definition) is 1. The molecule has 0 unspecified atom stereocenters. The number of guanidine groups is 1. The largest absolute Gasteiger partial charge is 0.368 e.